The van der Waals surface area contributed by atoms with Gasteiger partial charge in [0.1, 0.15) is 0 Å². The maximum Gasteiger partial charge on any atom is 0.234 e. The molecule has 2 aromatic rings. The number of benzene rings is 1. The standard InChI is InChI=1S/C25H37N5O2S/c1-6-20-8-10-22(11-9-20)30(19(2)31)24-26-21(18-33-24)16-28-12-7-13-29(15-14-28)17-23(32)27-25(3,4)5/h8-11,18H,6-7,12-17H2,1-5H3,(H,27,32). The third-order valence-corrected chi connectivity index (χ3v) is 6.47. The molecule has 1 aliphatic rings. The van der Waals surface area contributed by atoms with E-state index in [0.29, 0.717) is 11.7 Å². The van der Waals surface area contributed by atoms with E-state index >= 15 is 0 Å². The average molecular weight is 472 g/mol. The highest BCUT2D eigenvalue weighted by atomic mass is 32.1. The van der Waals surface area contributed by atoms with Crippen LogP contribution in [0.5, 0.6) is 0 Å². The van der Waals surface area contributed by atoms with Crippen molar-refractivity contribution in [1.82, 2.24) is 20.1 Å². The number of thiazole rings is 1. The molecule has 0 atom stereocenters. The number of nitrogens with one attached hydrogen (secondary N) is 1. The van der Waals surface area contributed by atoms with Gasteiger partial charge >= 0.3 is 0 Å². The Bertz CT molecular complexity index is 935. The van der Waals surface area contributed by atoms with Crippen molar-refractivity contribution in [2.75, 3.05) is 37.6 Å². The molecule has 1 aromatic carbocycles. The molecule has 2 heterocycles. The van der Waals surface area contributed by atoms with Gasteiger partial charge in [0, 0.05) is 37.5 Å². The van der Waals surface area contributed by atoms with Gasteiger partial charge in [-0.3, -0.25) is 24.3 Å². The van der Waals surface area contributed by atoms with Gasteiger partial charge in [-0.2, -0.15) is 0 Å². The number of aromatic nitrogens is 1. The zero-order valence-corrected chi connectivity index (χ0v) is 21.4. The first kappa shape index (κ1) is 25.3. The molecule has 0 spiro atoms. The number of hydrogen-bond acceptors (Lipinski definition) is 6. The van der Waals surface area contributed by atoms with Gasteiger partial charge < -0.3 is 5.32 Å². The summed E-state index contributed by atoms with van der Waals surface area (Å²) in [6, 6.07) is 8.09. The van der Waals surface area contributed by atoms with Crippen LogP contribution in [-0.2, 0) is 22.6 Å². The largest absolute Gasteiger partial charge is 0.350 e. The maximum atomic E-state index is 12.4. The molecule has 2 amide bonds. The molecule has 1 fully saturated rings. The Labute approximate surface area is 201 Å². The SMILES string of the molecule is CCc1ccc(N(C(C)=O)c2nc(CN3CCCN(CC(=O)NC(C)(C)C)CC3)cs2)cc1. The van der Waals surface area contributed by atoms with Crippen LogP contribution in [0.3, 0.4) is 0 Å². The fourth-order valence-corrected chi connectivity index (χ4v) is 4.89. The number of carbonyl (C=O) groups is 2. The molecule has 0 saturated carbocycles. The minimum Gasteiger partial charge on any atom is -0.350 e. The Hall–Kier alpha value is -2.29. The van der Waals surface area contributed by atoms with Crippen molar-refractivity contribution in [3.05, 3.63) is 40.9 Å². The third kappa shape index (κ3) is 7.62. The number of nitrogens with zero attached hydrogens (tertiary/aromatic N) is 4. The Balaban J connectivity index is 1.59. The van der Waals surface area contributed by atoms with E-state index in [-0.39, 0.29) is 17.4 Å². The van der Waals surface area contributed by atoms with Crippen molar-refractivity contribution < 1.29 is 9.59 Å². The topological polar surface area (TPSA) is 68.8 Å². The summed E-state index contributed by atoms with van der Waals surface area (Å²) < 4.78 is 0. The summed E-state index contributed by atoms with van der Waals surface area (Å²) in [5.74, 6) is 0.0375. The summed E-state index contributed by atoms with van der Waals surface area (Å²) in [6.45, 7) is 14.5. The maximum absolute atomic E-state index is 12.4. The highest BCUT2D eigenvalue weighted by Crippen LogP contribution is 2.29. The van der Waals surface area contributed by atoms with E-state index in [4.69, 9.17) is 4.98 Å². The zero-order chi connectivity index (χ0) is 24.0. The summed E-state index contributed by atoms with van der Waals surface area (Å²) in [5, 5.41) is 5.80. The number of hydrogen-bond donors (Lipinski definition) is 1. The van der Waals surface area contributed by atoms with Crippen molar-refractivity contribution in [2.24, 2.45) is 0 Å². The molecule has 0 bridgehead atoms. The van der Waals surface area contributed by atoms with Crippen LogP contribution in [-0.4, -0.2) is 64.9 Å². The Morgan fingerprint density at radius 1 is 1.09 bits per heavy atom. The van der Waals surface area contributed by atoms with Gasteiger partial charge in [-0.25, -0.2) is 4.98 Å². The van der Waals surface area contributed by atoms with Gasteiger partial charge in [0.25, 0.3) is 0 Å². The fourth-order valence-electron chi connectivity index (χ4n) is 4.01. The summed E-state index contributed by atoms with van der Waals surface area (Å²) in [4.78, 5) is 35.8. The second-order valence-electron chi connectivity index (χ2n) is 9.70. The summed E-state index contributed by atoms with van der Waals surface area (Å²) in [5.41, 5.74) is 2.86. The molecule has 33 heavy (non-hydrogen) atoms. The van der Waals surface area contributed by atoms with Crippen molar-refractivity contribution in [3.8, 4) is 0 Å². The molecule has 0 radical (unpaired) electrons. The van der Waals surface area contributed by atoms with Gasteiger partial charge in [-0.05, 0) is 64.4 Å². The lowest BCUT2D eigenvalue weighted by molar-refractivity contribution is -0.123. The van der Waals surface area contributed by atoms with Crippen LogP contribution in [0.1, 0.15) is 52.3 Å². The summed E-state index contributed by atoms with van der Waals surface area (Å²) >= 11 is 1.50. The van der Waals surface area contributed by atoms with Gasteiger partial charge in [-0.1, -0.05) is 19.1 Å². The van der Waals surface area contributed by atoms with E-state index in [1.807, 2.05) is 38.3 Å². The Kier molecular flexibility index (Phi) is 8.62. The Morgan fingerprint density at radius 3 is 2.39 bits per heavy atom. The second kappa shape index (κ2) is 11.2. The predicted molar refractivity (Wildman–Crippen MR) is 135 cm³/mol. The molecule has 180 valence electrons. The van der Waals surface area contributed by atoms with Crippen molar-refractivity contribution in [3.63, 3.8) is 0 Å². The predicted octanol–water partition coefficient (Wildman–Crippen LogP) is 3.81. The monoisotopic (exact) mass is 471 g/mol. The number of rotatable bonds is 7. The number of carbonyl (C=O) groups excluding carboxylic acids is 2. The molecule has 0 unspecified atom stereocenters. The van der Waals surface area contributed by atoms with Gasteiger partial charge in [0.15, 0.2) is 5.13 Å². The number of amides is 2. The van der Waals surface area contributed by atoms with Crippen LogP contribution in [0.2, 0.25) is 0 Å². The number of anilines is 2. The minimum absolute atomic E-state index is 0.0425. The average Bonchev–Trinajstić information content (AvgIpc) is 3.06. The summed E-state index contributed by atoms with van der Waals surface area (Å²) in [7, 11) is 0. The number of aryl methyl sites for hydroxylation is 1. The molecule has 8 heteroatoms. The van der Waals surface area contributed by atoms with E-state index in [2.05, 4.69) is 34.2 Å². The first-order valence-electron chi connectivity index (χ1n) is 11.7. The van der Waals surface area contributed by atoms with Crippen molar-refractivity contribution >= 4 is 34.0 Å². The molecule has 0 aliphatic carbocycles. The van der Waals surface area contributed by atoms with Crippen LogP contribution < -0.4 is 10.2 Å². The van der Waals surface area contributed by atoms with E-state index < -0.39 is 0 Å². The van der Waals surface area contributed by atoms with Crippen LogP contribution in [0.15, 0.2) is 29.6 Å². The van der Waals surface area contributed by atoms with Crippen LogP contribution in [0, 0.1) is 0 Å². The highest BCUT2D eigenvalue weighted by molar-refractivity contribution is 7.14. The molecule has 1 aliphatic heterocycles. The van der Waals surface area contributed by atoms with E-state index in [9.17, 15) is 9.59 Å². The molecule has 1 saturated heterocycles. The van der Waals surface area contributed by atoms with E-state index in [1.54, 1.807) is 11.8 Å². The quantitative estimate of drug-likeness (QED) is 0.665. The third-order valence-electron chi connectivity index (χ3n) is 5.60. The first-order chi connectivity index (χ1) is 15.6. The lowest BCUT2D eigenvalue weighted by Gasteiger charge is -2.25. The molecule has 1 aromatic heterocycles. The van der Waals surface area contributed by atoms with Gasteiger partial charge in [0.2, 0.25) is 11.8 Å². The van der Waals surface area contributed by atoms with Crippen LogP contribution in [0.4, 0.5) is 10.8 Å². The second-order valence-corrected chi connectivity index (χ2v) is 10.5. The van der Waals surface area contributed by atoms with E-state index in [1.165, 1.54) is 16.9 Å². The van der Waals surface area contributed by atoms with E-state index in [0.717, 1.165) is 56.9 Å². The zero-order valence-electron chi connectivity index (χ0n) is 20.6. The fraction of sp³-hybridized carbons (Fsp3) is 0.560. The molecular weight excluding hydrogens is 434 g/mol. The first-order valence-corrected chi connectivity index (χ1v) is 12.6. The molecule has 3 rings (SSSR count). The lowest BCUT2D eigenvalue weighted by Crippen LogP contribution is -2.46. The molecule has 1 N–H and O–H groups in total. The molecular formula is C25H37N5O2S. The molecule has 7 nitrogen and oxygen atoms in total. The van der Waals surface area contributed by atoms with Crippen molar-refractivity contribution in [1.29, 1.82) is 0 Å². The van der Waals surface area contributed by atoms with Crippen LogP contribution >= 0.6 is 11.3 Å². The highest BCUT2D eigenvalue weighted by Gasteiger charge is 2.22. The van der Waals surface area contributed by atoms with Crippen LogP contribution in [0.25, 0.3) is 0 Å². The van der Waals surface area contributed by atoms with Crippen molar-refractivity contribution in [2.45, 2.75) is 59.5 Å². The lowest BCUT2D eigenvalue weighted by atomic mass is 10.1. The smallest absolute Gasteiger partial charge is 0.234 e. The van der Waals surface area contributed by atoms with Gasteiger partial charge in [-0.15, -0.1) is 11.3 Å². The van der Waals surface area contributed by atoms with Gasteiger partial charge in [0.05, 0.1) is 17.9 Å². The summed E-state index contributed by atoms with van der Waals surface area (Å²) in [6.07, 6.45) is 1.99. The normalized spacial score (nSPS) is 15.8. The Morgan fingerprint density at radius 2 is 1.76 bits per heavy atom. The minimum atomic E-state index is -0.205.